The van der Waals surface area contributed by atoms with Crippen molar-refractivity contribution in [1.29, 1.82) is 0 Å². The van der Waals surface area contributed by atoms with Crippen LogP contribution in [0.5, 0.6) is 0 Å². The standard InChI is InChI=1S/C13H18F2N2O/c1-16-7-4-8-17(2)12(18)9-10-5-3-6-11(14)13(10)15/h3,5-6,16H,4,7-9H2,1-2H3. The molecule has 0 fully saturated rings. The Labute approximate surface area is 106 Å². The Morgan fingerprint density at radius 1 is 1.39 bits per heavy atom. The van der Waals surface area contributed by atoms with Gasteiger partial charge in [-0.2, -0.15) is 0 Å². The van der Waals surface area contributed by atoms with Crippen LogP contribution in [0.3, 0.4) is 0 Å². The van der Waals surface area contributed by atoms with Crippen LogP contribution >= 0.6 is 0 Å². The molecular formula is C13H18F2N2O. The van der Waals surface area contributed by atoms with Gasteiger partial charge in [-0.3, -0.25) is 4.79 Å². The smallest absolute Gasteiger partial charge is 0.226 e. The van der Waals surface area contributed by atoms with Crippen LogP contribution in [0.4, 0.5) is 8.78 Å². The van der Waals surface area contributed by atoms with Gasteiger partial charge in [0, 0.05) is 19.2 Å². The summed E-state index contributed by atoms with van der Waals surface area (Å²) in [4.78, 5) is 13.3. The minimum absolute atomic E-state index is 0.0977. The van der Waals surface area contributed by atoms with Crippen LogP contribution in [0, 0.1) is 11.6 Å². The van der Waals surface area contributed by atoms with Gasteiger partial charge in [0.05, 0.1) is 6.42 Å². The Balaban J connectivity index is 2.56. The van der Waals surface area contributed by atoms with Crippen LogP contribution in [0.25, 0.3) is 0 Å². The molecule has 0 saturated carbocycles. The maximum absolute atomic E-state index is 13.4. The number of likely N-dealkylation sites (N-methyl/N-ethyl adjacent to an activating group) is 1. The molecule has 0 aliphatic heterocycles. The summed E-state index contributed by atoms with van der Waals surface area (Å²) in [7, 11) is 3.50. The summed E-state index contributed by atoms with van der Waals surface area (Å²) in [5, 5.41) is 2.98. The zero-order valence-corrected chi connectivity index (χ0v) is 10.7. The number of nitrogens with one attached hydrogen (secondary N) is 1. The van der Waals surface area contributed by atoms with E-state index < -0.39 is 11.6 Å². The first-order valence-corrected chi connectivity index (χ1v) is 5.87. The number of carbonyl (C=O) groups is 1. The van der Waals surface area contributed by atoms with Crippen molar-refractivity contribution < 1.29 is 13.6 Å². The van der Waals surface area contributed by atoms with E-state index in [1.165, 1.54) is 17.0 Å². The van der Waals surface area contributed by atoms with E-state index in [1.807, 2.05) is 7.05 Å². The van der Waals surface area contributed by atoms with Crippen molar-refractivity contribution in [2.75, 3.05) is 27.2 Å². The van der Waals surface area contributed by atoms with Gasteiger partial charge in [0.1, 0.15) is 0 Å². The minimum atomic E-state index is -0.936. The Hall–Kier alpha value is -1.49. The van der Waals surface area contributed by atoms with Gasteiger partial charge in [-0.15, -0.1) is 0 Å². The third kappa shape index (κ3) is 4.07. The SMILES string of the molecule is CNCCCN(C)C(=O)Cc1cccc(F)c1F. The van der Waals surface area contributed by atoms with Gasteiger partial charge in [-0.1, -0.05) is 12.1 Å². The normalized spacial score (nSPS) is 10.4. The van der Waals surface area contributed by atoms with E-state index in [1.54, 1.807) is 7.05 Å². The fourth-order valence-electron chi connectivity index (χ4n) is 1.60. The Morgan fingerprint density at radius 2 is 2.11 bits per heavy atom. The van der Waals surface area contributed by atoms with Crippen molar-refractivity contribution in [3.63, 3.8) is 0 Å². The maximum atomic E-state index is 13.4. The lowest BCUT2D eigenvalue weighted by molar-refractivity contribution is -0.129. The van der Waals surface area contributed by atoms with Crippen LogP contribution in [-0.2, 0) is 11.2 Å². The van der Waals surface area contributed by atoms with E-state index in [0.29, 0.717) is 6.54 Å². The number of halogens is 2. The van der Waals surface area contributed by atoms with Crippen LogP contribution in [0.15, 0.2) is 18.2 Å². The quantitative estimate of drug-likeness (QED) is 0.784. The first-order chi connectivity index (χ1) is 8.56. The molecule has 1 amide bonds. The summed E-state index contributed by atoms with van der Waals surface area (Å²) in [6, 6.07) is 3.87. The van der Waals surface area contributed by atoms with Crippen molar-refractivity contribution >= 4 is 5.91 Å². The predicted octanol–water partition coefficient (Wildman–Crippen LogP) is 1.58. The largest absolute Gasteiger partial charge is 0.345 e. The van der Waals surface area contributed by atoms with Gasteiger partial charge < -0.3 is 10.2 Å². The summed E-state index contributed by atoms with van der Waals surface area (Å²) in [5.41, 5.74) is 0.0977. The number of hydrogen-bond donors (Lipinski definition) is 1. The van der Waals surface area contributed by atoms with Gasteiger partial charge in [0.15, 0.2) is 11.6 Å². The Bertz CT molecular complexity index is 410. The van der Waals surface area contributed by atoms with E-state index in [0.717, 1.165) is 19.0 Å². The highest BCUT2D eigenvalue weighted by Gasteiger charge is 2.14. The van der Waals surface area contributed by atoms with Crippen molar-refractivity contribution in [1.82, 2.24) is 10.2 Å². The number of nitrogens with zero attached hydrogens (tertiary/aromatic N) is 1. The molecule has 5 heteroatoms. The molecule has 3 nitrogen and oxygen atoms in total. The molecule has 0 bridgehead atoms. The van der Waals surface area contributed by atoms with Crippen LogP contribution in [-0.4, -0.2) is 38.0 Å². The maximum Gasteiger partial charge on any atom is 0.226 e. The van der Waals surface area contributed by atoms with Gasteiger partial charge in [0.2, 0.25) is 5.91 Å². The number of hydrogen-bond acceptors (Lipinski definition) is 2. The molecular weight excluding hydrogens is 238 g/mol. The summed E-state index contributed by atoms with van der Waals surface area (Å²) >= 11 is 0. The molecule has 0 unspecified atom stereocenters. The number of benzene rings is 1. The molecule has 1 aromatic carbocycles. The molecule has 0 aromatic heterocycles. The molecule has 0 spiro atoms. The van der Waals surface area contributed by atoms with E-state index >= 15 is 0 Å². The van der Waals surface area contributed by atoms with E-state index in [9.17, 15) is 13.6 Å². The Morgan fingerprint density at radius 3 is 2.78 bits per heavy atom. The summed E-state index contributed by atoms with van der Waals surface area (Å²) in [6.45, 7) is 1.41. The van der Waals surface area contributed by atoms with Crippen molar-refractivity contribution in [2.24, 2.45) is 0 Å². The topological polar surface area (TPSA) is 32.3 Å². The second kappa shape index (κ2) is 7.06. The van der Waals surface area contributed by atoms with Gasteiger partial charge in [-0.05, 0) is 26.1 Å². The van der Waals surface area contributed by atoms with Crippen molar-refractivity contribution in [3.8, 4) is 0 Å². The zero-order chi connectivity index (χ0) is 13.5. The number of amides is 1. The van der Waals surface area contributed by atoms with Gasteiger partial charge in [-0.25, -0.2) is 8.78 Å². The van der Waals surface area contributed by atoms with E-state index in [2.05, 4.69) is 5.32 Å². The van der Waals surface area contributed by atoms with Crippen molar-refractivity contribution in [2.45, 2.75) is 12.8 Å². The summed E-state index contributed by atoms with van der Waals surface area (Å²) < 4.78 is 26.3. The second-order valence-electron chi connectivity index (χ2n) is 4.16. The molecule has 0 radical (unpaired) electrons. The third-order valence-corrected chi connectivity index (χ3v) is 2.72. The second-order valence-corrected chi connectivity index (χ2v) is 4.16. The van der Waals surface area contributed by atoms with Crippen LogP contribution in [0.1, 0.15) is 12.0 Å². The highest BCUT2D eigenvalue weighted by atomic mass is 19.2. The van der Waals surface area contributed by atoms with Crippen LogP contribution < -0.4 is 5.32 Å². The van der Waals surface area contributed by atoms with Gasteiger partial charge in [0.25, 0.3) is 0 Å². The molecule has 1 rings (SSSR count). The molecule has 0 heterocycles. The highest BCUT2D eigenvalue weighted by Crippen LogP contribution is 2.12. The first kappa shape index (κ1) is 14.6. The first-order valence-electron chi connectivity index (χ1n) is 5.87. The fraction of sp³-hybridized carbons (Fsp3) is 0.462. The third-order valence-electron chi connectivity index (χ3n) is 2.72. The lowest BCUT2D eigenvalue weighted by atomic mass is 10.1. The molecule has 0 aliphatic carbocycles. The molecule has 100 valence electrons. The molecule has 1 N–H and O–H groups in total. The van der Waals surface area contributed by atoms with Crippen molar-refractivity contribution in [3.05, 3.63) is 35.4 Å². The number of rotatable bonds is 6. The van der Waals surface area contributed by atoms with E-state index in [4.69, 9.17) is 0 Å². The molecule has 18 heavy (non-hydrogen) atoms. The summed E-state index contributed by atoms with van der Waals surface area (Å²) in [5.74, 6) is -2.07. The highest BCUT2D eigenvalue weighted by molar-refractivity contribution is 5.78. The molecule has 1 aromatic rings. The fourth-order valence-corrected chi connectivity index (χ4v) is 1.60. The lowest BCUT2D eigenvalue weighted by Gasteiger charge is -2.17. The minimum Gasteiger partial charge on any atom is -0.345 e. The van der Waals surface area contributed by atoms with Gasteiger partial charge >= 0.3 is 0 Å². The average molecular weight is 256 g/mol. The molecule has 0 saturated heterocycles. The summed E-state index contributed by atoms with van der Waals surface area (Å²) in [6.07, 6.45) is 0.712. The zero-order valence-electron chi connectivity index (χ0n) is 10.7. The molecule has 0 aliphatic rings. The molecule has 0 atom stereocenters. The lowest BCUT2D eigenvalue weighted by Crippen LogP contribution is -2.30. The van der Waals surface area contributed by atoms with Crippen LogP contribution in [0.2, 0.25) is 0 Å². The van der Waals surface area contributed by atoms with E-state index in [-0.39, 0.29) is 17.9 Å². The average Bonchev–Trinajstić information content (AvgIpc) is 2.35. The predicted molar refractivity (Wildman–Crippen MR) is 66.2 cm³/mol. The Kier molecular flexibility index (Phi) is 5.71. The number of carbonyl (C=O) groups excluding carboxylic acids is 1. The monoisotopic (exact) mass is 256 g/mol.